The normalized spacial score (nSPS) is 13.2. The minimum Gasteiger partial charge on any atom is -0.323 e. The second-order valence-corrected chi connectivity index (χ2v) is 6.81. The number of nitrogens with zero attached hydrogens (tertiary/aromatic N) is 1. The minimum atomic E-state index is 0.791. The van der Waals surface area contributed by atoms with Crippen LogP contribution in [0.25, 0.3) is 0 Å². The monoisotopic (exact) mass is 256 g/mol. The second-order valence-electron chi connectivity index (χ2n) is 5.47. The zero-order valence-corrected chi connectivity index (χ0v) is 12.8. The fourth-order valence-electron chi connectivity index (χ4n) is 1.60. The van der Waals surface area contributed by atoms with Gasteiger partial charge < -0.3 is 5.84 Å². The summed E-state index contributed by atoms with van der Waals surface area (Å²) in [6.45, 7) is 9.11. The summed E-state index contributed by atoms with van der Waals surface area (Å²) in [6, 6.07) is 0. The average Bonchev–Trinajstić information content (AvgIpc) is 2.23. The molecule has 0 saturated carbocycles. The lowest BCUT2D eigenvalue weighted by Crippen LogP contribution is -2.01. The summed E-state index contributed by atoms with van der Waals surface area (Å²) >= 11 is 0. The molecule has 100 valence electrons. The Morgan fingerprint density at radius 3 is 2.29 bits per heavy atom. The first-order chi connectivity index (χ1) is 8.06. The van der Waals surface area contributed by atoms with E-state index in [9.17, 15) is 0 Å². The summed E-state index contributed by atoms with van der Waals surface area (Å²) in [5.74, 6) is 6.87. The van der Waals surface area contributed by atoms with E-state index in [1.54, 1.807) is 0 Å². The van der Waals surface area contributed by atoms with Crippen LogP contribution in [0.3, 0.4) is 0 Å². The first kappa shape index (κ1) is 16.6. The van der Waals surface area contributed by atoms with E-state index >= 15 is 0 Å². The molecule has 0 bridgehead atoms. The predicted molar refractivity (Wildman–Crippen MR) is 82.2 cm³/mol. The molecule has 0 unspecified atom stereocenters. The van der Waals surface area contributed by atoms with Crippen LogP contribution in [0, 0.1) is 11.8 Å². The Morgan fingerprint density at radius 2 is 1.76 bits per heavy atom. The molecule has 17 heavy (non-hydrogen) atoms. The van der Waals surface area contributed by atoms with Gasteiger partial charge >= 0.3 is 0 Å². The molecule has 3 heteroatoms. The van der Waals surface area contributed by atoms with Crippen molar-refractivity contribution in [3.63, 3.8) is 0 Å². The highest BCUT2D eigenvalue weighted by Crippen LogP contribution is 2.13. The van der Waals surface area contributed by atoms with E-state index in [1.807, 2.05) is 6.21 Å². The third-order valence-electron chi connectivity index (χ3n) is 2.71. The Labute approximate surface area is 109 Å². The molecule has 0 atom stereocenters. The summed E-state index contributed by atoms with van der Waals surface area (Å²) in [5, 5.41) is 5.08. The Kier molecular flexibility index (Phi) is 10.5. The van der Waals surface area contributed by atoms with Crippen molar-refractivity contribution in [2.75, 3.05) is 6.16 Å². The van der Waals surface area contributed by atoms with Crippen molar-refractivity contribution in [1.29, 1.82) is 0 Å². The molecule has 0 heterocycles. The fourth-order valence-corrected chi connectivity index (χ4v) is 2.99. The molecular weight excluding hydrogens is 227 g/mol. The average molecular weight is 256 g/mol. The van der Waals surface area contributed by atoms with Gasteiger partial charge in [0.25, 0.3) is 0 Å². The molecule has 0 fully saturated rings. The molecule has 0 aromatic rings. The van der Waals surface area contributed by atoms with E-state index in [0.717, 1.165) is 18.3 Å². The van der Waals surface area contributed by atoms with Gasteiger partial charge in [0.15, 0.2) is 0 Å². The molecule has 0 rings (SSSR count). The summed E-state index contributed by atoms with van der Waals surface area (Å²) in [5.41, 5.74) is 0. The molecule has 0 aromatic heterocycles. The quantitative estimate of drug-likeness (QED) is 0.216. The largest absolute Gasteiger partial charge is 0.323 e. The van der Waals surface area contributed by atoms with Crippen molar-refractivity contribution in [3.8, 4) is 0 Å². The van der Waals surface area contributed by atoms with Gasteiger partial charge in [0.05, 0.1) is 6.21 Å². The van der Waals surface area contributed by atoms with Crippen molar-refractivity contribution < 1.29 is 0 Å². The lowest BCUT2D eigenvalue weighted by molar-refractivity contribution is 0.544. The van der Waals surface area contributed by atoms with Crippen LogP contribution >= 0.6 is 8.20 Å². The van der Waals surface area contributed by atoms with Crippen LogP contribution in [-0.4, -0.2) is 17.7 Å². The number of nitrogens with two attached hydrogens (primary N) is 1. The molecule has 0 spiro atoms. The third kappa shape index (κ3) is 11.9. The lowest BCUT2D eigenvalue weighted by Gasteiger charge is -2.05. The molecule has 0 aromatic carbocycles. The van der Waals surface area contributed by atoms with Crippen LogP contribution in [0.4, 0.5) is 0 Å². The summed E-state index contributed by atoms with van der Waals surface area (Å²) in [7, 11) is 1.42. The van der Waals surface area contributed by atoms with Crippen LogP contribution in [0.15, 0.2) is 5.10 Å². The maximum atomic E-state index is 5.26. The van der Waals surface area contributed by atoms with Crippen LogP contribution < -0.4 is 5.84 Å². The Hall–Kier alpha value is -0.360. The van der Waals surface area contributed by atoms with Gasteiger partial charge in [-0.2, -0.15) is 5.10 Å². The molecular formula is C14H29N2P. The van der Waals surface area contributed by atoms with Gasteiger partial charge in [-0.15, -0.1) is 0 Å². The van der Waals surface area contributed by atoms with Gasteiger partial charge in [0.1, 0.15) is 0 Å². The number of hydrogen-bond donors (Lipinski definition) is 1. The molecule has 0 aliphatic carbocycles. The van der Waals surface area contributed by atoms with E-state index in [2.05, 4.69) is 32.8 Å². The predicted octanol–water partition coefficient (Wildman–Crippen LogP) is 4.31. The van der Waals surface area contributed by atoms with Crippen LogP contribution in [0.1, 0.15) is 59.8 Å². The van der Waals surface area contributed by atoms with Gasteiger partial charge in [-0.05, 0) is 42.6 Å². The van der Waals surface area contributed by atoms with E-state index in [1.165, 1.54) is 45.3 Å². The second kappa shape index (κ2) is 10.8. The summed E-state index contributed by atoms with van der Waals surface area (Å²) < 4.78 is 0. The van der Waals surface area contributed by atoms with Crippen molar-refractivity contribution in [1.82, 2.24) is 0 Å². The van der Waals surface area contributed by atoms with Crippen LogP contribution in [0.5, 0.6) is 0 Å². The summed E-state index contributed by atoms with van der Waals surface area (Å²) in [6.07, 6.45) is 9.46. The maximum Gasteiger partial charge on any atom is 0.0540 e. The van der Waals surface area contributed by atoms with Gasteiger partial charge in [0, 0.05) is 0 Å². The third-order valence-corrected chi connectivity index (χ3v) is 3.94. The van der Waals surface area contributed by atoms with Crippen molar-refractivity contribution in [2.45, 2.75) is 59.8 Å². The Bertz CT molecular complexity index is 232. The number of hydrogen-bond acceptors (Lipinski definition) is 2. The number of unbranched alkanes of at least 4 members (excludes halogenated alkanes) is 1. The maximum absolute atomic E-state index is 5.26. The molecule has 0 saturated heterocycles. The minimum absolute atomic E-state index is 0.791. The Morgan fingerprint density at radius 1 is 1.12 bits per heavy atom. The van der Waals surface area contributed by atoms with E-state index in [-0.39, 0.29) is 0 Å². The topological polar surface area (TPSA) is 38.4 Å². The van der Waals surface area contributed by atoms with Gasteiger partial charge in [-0.1, -0.05) is 48.7 Å². The molecule has 0 amide bonds. The SMILES string of the molecule is CC(C)CCCCC(C=NN)=PCCC(C)C. The van der Waals surface area contributed by atoms with Crippen LogP contribution in [-0.2, 0) is 0 Å². The highest BCUT2D eigenvalue weighted by molar-refractivity contribution is 7.43. The number of rotatable bonds is 9. The van der Waals surface area contributed by atoms with Crippen molar-refractivity contribution in [2.24, 2.45) is 22.8 Å². The lowest BCUT2D eigenvalue weighted by atomic mass is 10.0. The van der Waals surface area contributed by atoms with E-state index < -0.39 is 0 Å². The van der Waals surface area contributed by atoms with E-state index in [0.29, 0.717) is 0 Å². The highest BCUT2D eigenvalue weighted by atomic mass is 31.1. The molecule has 0 aliphatic rings. The highest BCUT2D eigenvalue weighted by Gasteiger charge is 1.99. The zero-order valence-electron chi connectivity index (χ0n) is 11.9. The fraction of sp³-hybridized carbons (Fsp3) is 0.857. The van der Waals surface area contributed by atoms with Gasteiger partial charge in [-0.3, -0.25) is 0 Å². The van der Waals surface area contributed by atoms with Gasteiger partial charge in [0.2, 0.25) is 0 Å². The first-order valence-electron chi connectivity index (χ1n) is 6.82. The van der Waals surface area contributed by atoms with E-state index in [4.69, 9.17) is 5.84 Å². The zero-order chi connectivity index (χ0) is 13.1. The van der Waals surface area contributed by atoms with Crippen molar-refractivity contribution >= 4 is 19.7 Å². The van der Waals surface area contributed by atoms with Crippen molar-refractivity contribution in [3.05, 3.63) is 0 Å². The number of hydrazone groups is 1. The summed E-state index contributed by atoms with van der Waals surface area (Å²) in [4.78, 5) is 0. The molecule has 2 N–H and O–H groups in total. The molecule has 0 radical (unpaired) electrons. The smallest absolute Gasteiger partial charge is 0.0540 e. The van der Waals surface area contributed by atoms with Crippen LogP contribution in [0.2, 0.25) is 0 Å². The first-order valence-corrected chi connectivity index (χ1v) is 7.90. The van der Waals surface area contributed by atoms with Gasteiger partial charge in [-0.25, -0.2) is 0 Å². The molecule has 2 nitrogen and oxygen atoms in total. The standard InChI is InChI=1S/C14H29N2P/c1-12(2)7-5-6-8-14(11-16-15)17-10-9-13(3)4/h11-13H,5-10,15H2,1-4H3. The molecule has 0 aliphatic heterocycles. The Balaban J connectivity index is 3.89.